The van der Waals surface area contributed by atoms with E-state index in [1.807, 2.05) is 36.4 Å². The molecule has 0 N–H and O–H groups in total. The highest BCUT2D eigenvalue weighted by molar-refractivity contribution is 5.79. The van der Waals surface area contributed by atoms with Crippen molar-refractivity contribution in [3.63, 3.8) is 0 Å². The lowest BCUT2D eigenvalue weighted by Gasteiger charge is -2.37. The van der Waals surface area contributed by atoms with E-state index in [-0.39, 0.29) is 25.5 Å². The van der Waals surface area contributed by atoms with Crippen LogP contribution in [0, 0.1) is 0 Å². The van der Waals surface area contributed by atoms with Gasteiger partial charge in [-0.05, 0) is 72.6 Å². The summed E-state index contributed by atoms with van der Waals surface area (Å²) in [6.45, 7) is 1.03. The summed E-state index contributed by atoms with van der Waals surface area (Å²) >= 11 is 0. The van der Waals surface area contributed by atoms with Gasteiger partial charge in [-0.25, -0.2) is 0 Å². The van der Waals surface area contributed by atoms with Gasteiger partial charge in [0, 0.05) is 12.6 Å². The molecule has 0 aromatic heterocycles. The van der Waals surface area contributed by atoms with Gasteiger partial charge >= 0.3 is 0 Å². The van der Waals surface area contributed by atoms with Gasteiger partial charge in [0.25, 0.3) is 0 Å². The molecule has 0 unspecified atom stereocenters. The Hall–Kier alpha value is -3.67. The number of hydrogen-bond acceptors (Lipinski definition) is 5. The van der Waals surface area contributed by atoms with E-state index in [0.29, 0.717) is 24.6 Å². The molecule has 6 nitrogen and oxygen atoms in total. The fourth-order valence-electron chi connectivity index (χ4n) is 5.43. The third-order valence-corrected chi connectivity index (χ3v) is 7.31. The van der Waals surface area contributed by atoms with Crippen molar-refractivity contribution in [3.8, 4) is 23.0 Å². The average molecular weight is 472 g/mol. The number of amides is 1. The smallest absolute Gasteiger partial charge is 0.231 e. The topological polar surface area (TPSA) is 57.2 Å². The van der Waals surface area contributed by atoms with Gasteiger partial charge in [0.1, 0.15) is 0 Å². The zero-order valence-corrected chi connectivity index (χ0v) is 19.7. The zero-order valence-electron chi connectivity index (χ0n) is 19.7. The molecule has 3 aromatic rings. The number of fused-ring (bicyclic) bond motifs is 2. The summed E-state index contributed by atoms with van der Waals surface area (Å²) in [5.41, 5.74) is 3.39. The van der Waals surface area contributed by atoms with Crippen molar-refractivity contribution in [1.82, 2.24) is 4.90 Å². The van der Waals surface area contributed by atoms with Crippen molar-refractivity contribution >= 4 is 5.91 Å². The van der Waals surface area contributed by atoms with Gasteiger partial charge < -0.3 is 23.8 Å². The van der Waals surface area contributed by atoms with Crippen LogP contribution >= 0.6 is 0 Å². The van der Waals surface area contributed by atoms with Crippen LogP contribution in [0.1, 0.15) is 48.3 Å². The van der Waals surface area contributed by atoms with Gasteiger partial charge in [0.05, 0.1) is 6.42 Å². The number of benzene rings is 3. The number of carbonyl (C=O) groups excluding carboxylic acids is 1. The van der Waals surface area contributed by atoms with Crippen LogP contribution in [-0.2, 0) is 17.8 Å². The van der Waals surface area contributed by atoms with Crippen molar-refractivity contribution in [3.05, 3.63) is 83.4 Å². The van der Waals surface area contributed by atoms with Gasteiger partial charge in [-0.2, -0.15) is 0 Å². The second kappa shape index (κ2) is 9.53. The minimum atomic E-state index is 0.129. The normalized spacial score (nSPS) is 20.0. The lowest BCUT2D eigenvalue weighted by Crippen LogP contribution is -2.42. The van der Waals surface area contributed by atoms with Crippen LogP contribution in [0.15, 0.2) is 66.7 Å². The van der Waals surface area contributed by atoms with Crippen molar-refractivity contribution in [2.45, 2.75) is 50.6 Å². The highest BCUT2D eigenvalue weighted by Crippen LogP contribution is 2.37. The largest absolute Gasteiger partial charge is 0.454 e. The van der Waals surface area contributed by atoms with E-state index in [9.17, 15) is 4.79 Å². The summed E-state index contributed by atoms with van der Waals surface area (Å²) < 4.78 is 22.0. The fourth-order valence-corrected chi connectivity index (χ4v) is 5.43. The Labute approximate surface area is 205 Å². The molecule has 180 valence electrons. The van der Waals surface area contributed by atoms with E-state index in [1.54, 1.807) is 0 Å². The van der Waals surface area contributed by atoms with Crippen molar-refractivity contribution in [2.75, 3.05) is 13.6 Å². The van der Waals surface area contributed by atoms with Crippen molar-refractivity contribution in [1.29, 1.82) is 0 Å². The molecule has 1 amide bonds. The molecule has 2 aliphatic heterocycles. The number of ether oxygens (including phenoxy) is 4. The summed E-state index contributed by atoms with van der Waals surface area (Å²) in [5, 5.41) is 0. The molecule has 1 aliphatic carbocycles. The summed E-state index contributed by atoms with van der Waals surface area (Å²) in [6, 6.07) is 22.7. The molecule has 3 aromatic carbocycles. The predicted molar refractivity (Wildman–Crippen MR) is 131 cm³/mol. The monoisotopic (exact) mass is 471 g/mol. The molecule has 2 heterocycles. The first-order valence-electron chi connectivity index (χ1n) is 12.3. The van der Waals surface area contributed by atoms with Gasteiger partial charge in [-0.15, -0.1) is 0 Å². The maximum absolute atomic E-state index is 13.7. The summed E-state index contributed by atoms with van der Waals surface area (Å²) in [6.07, 6.45) is 4.50. The first-order chi connectivity index (χ1) is 17.2. The van der Waals surface area contributed by atoms with E-state index in [2.05, 4.69) is 35.2 Å². The number of carbonyl (C=O) groups is 1. The van der Waals surface area contributed by atoms with Gasteiger partial charge in [0.2, 0.25) is 19.5 Å². The van der Waals surface area contributed by atoms with Crippen molar-refractivity contribution < 1.29 is 23.7 Å². The van der Waals surface area contributed by atoms with Crippen LogP contribution in [0.25, 0.3) is 0 Å². The first-order valence-corrected chi connectivity index (χ1v) is 12.3. The molecule has 0 saturated heterocycles. The summed E-state index contributed by atoms with van der Waals surface area (Å²) in [4.78, 5) is 15.8. The van der Waals surface area contributed by atoms with Gasteiger partial charge in [0.15, 0.2) is 23.0 Å². The van der Waals surface area contributed by atoms with E-state index in [1.165, 1.54) is 5.56 Å². The van der Waals surface area contributed by atoms with E-state index in [4.69, 9.17) is 18.9 Å². The SMILES string of the molecule is O=C(Cc1ccc2c(c1)OCO2)N(Cc1ccc2c(c1)OCO2)C1CCC(c2ccccc2)CC1. The Morgan fingerprint density at radius 1 is 0.714 bits per heavy atom. The molecule has 0 radical (unpaired) electrons. The molecule has 3 aliphatic rings. The highest BCUT2D eigenvalue weighted by Gasteiger charge is 2.30. The molecular formula is C29H29NO5. The molecule has 1 saturated carbocycles. The van der Waals surface area contributed by atoms with E-state index in [0.717, 1.165) is 54.1 Å². The van der Waals surface area contributed by atoms with E-state index >= 15 is 0 Å². The molecule has 6 rings (SSSR count). The van der Waals surface area contributed by atoms with E-state index < -0.39 is 0 Å². The molecule has 6 heteroatoms. The molecule has 0 atom stereocenters. The number of rotatable bonds is 6. The van der Waals surface area contributed by atoms with Crippen LogP contribution in [0.2, 0.25) is 0 Å². The Bertz CT molecular complexity index is 1200. The Balaban J connectivity index is 1.20. The standard InChI is InChI=1S/C29H29NO5/c31-29(16-20-6-12-25-27(14-20)34-18-32-25)30(17-21-7-13-26-28(15-21)35-19-33-26)24-10-8-23(9-11-24)22-4-2-1-3-5-22/h1-7,12-15,23-24H,8-11,16-19H2. The molecule has 0 spiro atoms. The van der Waals surface area contributed by atoms with Gasteiger partial charge in [-0.3, -0.25) is 4.79 Å². The van der Waals surface area contributed by atoms with Crippen LogP contribution in [0.5, 0.6) is 23.0 Å². The van der Waals surface area contributed by atoms with Crippen LogP contribution in [0.4, 0.5) is 0 Å². The van der Waals surface area contributed by atoms with Crippen LogP contribution in [0.3, 0.4) is 0 Å². The number of nitrogens with zero attached hydrogens (tertiary/aromatic N) is 1. The maximum atomic E-state index is 13.7. The van der Waals surface area contributed by atoms with Crippen LogP contribution < -0.4 is 18.9 Å². The lowest BCUT2D eigenvalue weighted by atomic mass is 9.81. The van der Waals surface area contributed by atoms with Crippen molar-refractivity contribution in [2.24, 2.45) is 0 Å². The third kappa shape index (κ3) is 4.65. The Morgan fingerprint density at radius 2 is 1.31 bits per heavy atom. The molecule has 35 heavy (non-hydrogen) atoms. The Morgan fingerprint density at radius 3 is 2.00 bits per heavy atom. The lowest BCUT2D eigenvalue weighted by molar-refractivity contribution is -0.134. The second-order valence-electron chi connectivity index (χ2n) is 9.49. The minimum absolute atomic E-state index is 0.129. The molecular weight excluding hydrogens is 442 g/mol. The fraction of sp³-hybridized carbons (Fsp3) is 0.345. The quantitative estimate of drug-likeness (QED) is 0.479. The maximum Gasteiger partial charge on any atom is 0.231 e. The molecule has 0 bridgehead atoms. The average Bonchev–Trinajstić information content (AvgIpc) is 3.57. The third-order valence-electron chi connectivity index (χ3n) is 7.31. The minimum Gasteiger partial charge on any atom is -0.454 e. The van der Waals surface area contributed by atoms with Gasteiger partial charge in [-0.1, -0.05) is 42.5 Å². The summed E-state index contributed by atoms with van der Waals surface area (Å²) in [7, 11) is 0. The first kappa shape index (κ1) is 21.8. The second-order valence-corrected chi connectivity index (χ2v) is 9.49. The summed E-state index contributed by atoms with van der Waals surface area (Å²) in [5.74, 6) is 3.64. The zero-order chi connectivity index (χ0) is 23.6. The van der Waals surface area contributed by atoms with Crippen LogP contribution in [-0.4, -0.2) is 30.4 Å². The highest BCUT2D eigenvalue weighted by atomic mass is 16.7. The Kier molecular flexibility index (Phi) is 5.94. The predicted octanol–water partition coefficient (Wildman–Crippen LogP) is 5.44. The molecule has 1 fully saturated rings. The number of hydrogen-bond donors (Lipinski definition) is 0.